The molecule has 0 N–H and O–H groups in total. The SMILES string of the molecule is CCCCCCCCCCCCC(CCCCCCCCCC)CN1C(=O)c2cc(C#Cc3ccc(-c4cccs4)s3)c3c4c(cc(C#Cc5ccc(-c6cccs6)s5)c(c24)C1=O)C(=O)N(CC(CCCCCCCCCC)CCCCCCCCCCCC)C3=O. The first-order valence-electron chi connectivity index (χ1n) is 37.0. The third kappa shape index (κ3) is 22.0. The Morgan fingerprint density at radius 3 is 0.913 bits per heavy atom. The molecule has 8 rings (SSSR count). The van der Waals surface area contributed by atoms with Gasteiger partial charge in [-0.1, -0.05) is 295 Å². The lowest BCUT2D eigenvalue weighted by atomic mass is 9.80. The van der Waals surface area contributed by atoms with Gasteiger partial charge in [0.2, 0.25) is 0 Å². The largest absolute Gasteiger partial charge is 0.274 e. The Balaban J connectivity index is 1.16. The fourth-order valence-corrected chi connectivity index (χ4v) is 17.4. The molecule has 2 aromatic carbocycles. The van der Waals surface area contributed by atoms with Gasteiger partial charge in [-0.2, -0.15) is 0 Å². The minimum atomic E-state index is -0.387. The second kappa shape index (κ2) is 41.0. The summed E-state index contributed by atoms with van der Waals surface area (Å²) in [6.45, 7) is 9.70. The van der Waals surface area contributed by atoms with Gasteiger partial charge in [0.1, 0.15) is 0 Å². The molecule has 0 fully saturated rings. The van der Waals surface area contributed by atoms with Crippen LogP contribution in [0, 0.1) is 35.5 Å². The highest BCUT2D eigenvalue weighted by Gasteiger charge is 2.43. The van der Waals surface area contributed by atoms with Crippen molar-refractivity contribution in [2.45, 2.75) is 285 Å². The van der Waals surface area contributed by atoms with E-state index in [1.165, 1.54) is 199 Å². The Hall–Kier alpha value is -5.10. The Morgan fingerprint density at radius 2 is 0.630 bits per heavy atom. The lowest BCUT2D eigenvalue weighted by Crippen LogP contribution is -2.46. The number of amides is 4. The first-order valence-corrected chi connectivity index (χ1v) is 40.3. The van der Waals surface area contributed by atoms with Crippen molar-refractivity contribution in [3.05, 3.63) is 115 Å². The quantitative estimate of drug-likeness (QED) is 0.0217. The monoisotopic (exact) mass is 1310 g/mol. The average Bonchev–Trinajstić information content (AvgIpc) is 0.740. The number of rotatable bonds is 46. The van der Waals surface area contributed by atoms with Crippen molar-refractivity contribution in [2.24, 2.45) is 11.8 Å². The molecule has 0 spiro atoms. The summed E-state index contributed by atoms with van der Waals surface area (Å²) in [5.74, 6) is 12.6. The molecule has 2 aliphatic rings. The number of unbranched alkanes of at least 4 members (excludes halogenated alkanes) is 32. The van der Waals surface area contributed by atoms with Gasteiger partial charge in [-0.3, -0.25) is 29.0 Å². The lowest BCUT2D eigenvalue weighted by molar-refractivity contribution is 0.0556. The number of hydrogen-bond donors (Lipinski definition) is 0. The molecule has 4 amide bonds. The molecule has 0 bridgehead atoms. The molecule has 6 aromatic rings. The van der Waals surface area contributed by atoms with Gasteiger partial charge in [0.15, 0.2) is 0 Å². The molecular formula is C82H110N2O4S4. The fourth-order valence-electron chi connectivity index (χ4n) is 14.0. The molecule has 2 aliphatic heterocycles. The number of imide groups is 2. The van der Waals surface area contributed by atoms with E-state index in [9.17, 15) is 0 Å². The maximum absolute atomic E-state index is 15.9. The first kappa shape index (κ1) is 72.7. The third-order valence-corrected chi connectivity index (χ3v) is 23.5. The fraction of sp³-hybridized carbons (Fsp3) is 0.585. The summed E-state index contributed by atoms with van der Waals surface area (Å²) >= 11 is 6.59. The van der Waals surface area contributed by atoms with E-state index >= 15 is 19.2 Å². The summed E-state index contributed by atoms with van der Waals surface area (Å²) in [4.78, 5) is 72.5. The molecule has 0 aliphatic carbocycles. The predicted octanol–water partition coefficient (Wildman–Crippen LogP) is 25.3. The molecule has 4 aromatic heterocycles. The molecule has 2 atom stereocenters. The van der Waals surface area contributed by atoms with Gasteiger partial charge in [-0.25, -0.2) is 0 Å². The van der Waals surface area contributed by atoms with Crippen LogP contribution in [-0.4, -0.2) is 46.5 Å². The Labute approximate surface area is 571 Å². The molecule has 6 nitrogen and oxygen atoms in total. The summed E-state index contributed by atoms with van der Waals surface area (Å²) in [5, 5.41) is 4.90. The summed E-state index contributed by atoms with van der Waals surface area (Å²) in [5.41, 5.74) is 2.11. The van der Waals surface area contributed by atoms with Crippen LogP contribution >= 0.6 is 45.3 Å². The van der Waals surface area contributed by atoms with Crippen molar-refractivity contribution < 1.29 is 19.2 Å². The van der Waals surface area contributed by atoms with E-state index < -0.39 is 0 Å². The van der Waals surface area contributed by atoms with Gasteiger partial charge in [-0.15, -0.1) is 45.3 Å². The molecule has 0 radical (unpaired) electrons. The zero-order chi connectivity index (χ0) is 64.5. The summed E-state index contributed by atoms with van der Waals surface area (Å²) in [6.07, 6.45) is 48.4. The molecule has 0 saturated carbocycles. The topological polar surface area (TPSA) is 74.8 Å². The van der Waals surface area contributed by atoms with Crippen LogP contribution in [-0.2, 0) is 0 Å². The molecular weight excluding hydrogens is 1210 g/mol. The third-order valence-electron chi connectivity index (χ3n) is 19.4. The van der Waals surface area contributed by atoms with Crippen molar-refractivity contribution in [2.75, 3.05) is 13.1 Å². The van der Waals surface area contributed by atoms with Crippen LogP contribution in [0.1, 0.15) is 347 Å². The van der Waals surface area contributed by atoms with Gasteiger partial charge in [0, 0.05) is 65.6 Å². The zero-order valence-electron chi connectivity index (χ0n) is 56.9. The van der Waals surface area contributed by atoms with Crippen LogP contribution in [0.3, 0.4) is 0 Å². The lowest BCUT2D eigenvalue weighted by Gasteiger charge is -2.35. The van der Waals surface area contributed by atoms with E-state index in [1.54, 1.807) is 57.5 Å². The molecule has 496 valence electrons. The summed E-state index contributed by atoms with van der Waals surface area (Å²) in [6, 6.07) is 20.2. The van der Waals surface area contributed by atoms with Crippen molar-refractivity contribution in [3.63, 3.8) is 0 Å². The van der Waals surface area contributed by atoms with Crippen LogP contribution in [0.4, 0.5) is 0 Å². The summed E-state index contributed by atoms with van der Waals surface area (Å²) < 4.78 is 0. The van der Waals surface area contributed by atoms with Crippen molar-refractivity contribution in [1.29, 1.82) is 0 Å². The second-order valence-corrected chi connectivity index (χ2v) is 30.9. The minimum Gasteiger partial charge on any atom is -0.274 e. The molecule has 2 unspecified atom stereocenters. The maximum atomic E-state index is 15.9. The molecule has 0 saturated heterocycles. The van der Waals surface area contributed by atoms with Crippen molar-refractivity contribution >= 4 is 79.7 Å². The second-order valence-electron chi connectivity index (χ2n) is 26.9. The highest BCUT2D eigenvalue weighted by atomic mass is 32.1. The number of nitrogens with zero attached hydrogens (tertiary/aromatic N) is 2. The van der Waals surface area contributed by atoms with Crippen LogP contribution in [0.25, 0.3) is 30.3 Å². The highest BCUT2D eigenvalue weighted by Crippen LogP contribution is 2.43. The molecule has 6 heterocycles. The highest BCUT2D eigenvalue weighted by molar-refractivity contribution is 7.22. The van der Waals surface area contributed by atoms with Gasteiger partial charge in [0.05, 0.1) is 20.9 Å². The van der Waals surface area contributed by atoms with Gasteiger partial charge in [0.25, 0.3) is 23.6 Å². The van der Waals surface area contributed by atoms with Gasteiger partial charge in [-0.05, 0) is 96.8 Å². The van der Waals surface area contributed by atoms with Crippen LogP contribution in [0.5, 0.6) is 0 Å². The number of hydrogen-bond acceptors (Lipinski definition) is 8. The Morgan fingerprint density at radius 1 is 0.337 bits per heavy atom. The van der Waals surface area contributed by atoms with Crippen molar-refractivity contribution in [3.8, 4) is 43.2 Å². The van der Waals surface area contributed by atoms with Gasteiger partial charge >= 0.3 is 0 Å². The standard InChI is InChI=1S/C82H110N2O4S4/c1-5-9-13-17-21-25-27-31-35-39-45-63(43-37-33-29-23-19-15-11-7-3)61-83-79(85)69-59-66(50-52-68-54-56-74(92-68)72-48-42-58-90-72)76-78-70(60-65(75(77(69)78)81(83)87)49-51-67-53-55-73(91-67)71-47-41-57-89-71)80(86)84(82(76)88)62-64(44-38-34-30-24-20-16-12-8-4)46-40-36-32-28-26-22-18-14-10-6-2/h41-42,47-48,53-60,63-64H,5-40,43-46,61-62H2,1-4H3. The minimum absolute atomic E-state index is 0.134. The van der Waals surface area contributed by atoms with E-state index in [1.807, 2.05) is 12.1 Å². The van der Waals surface area contributed by atoms with Crippen LogP contribution < -0.4 is 0 Å². The van der Waals surface area contributed by atoms with E-state index in [0.29, 0.717) is 57.2 Å². The maximum Gasteiger partial charge on any atom is 0.262 e. The van der Waals surface area contributed by atoms with E-state index in [-0.39, 0.29) is 35.5 Å². The van der Waals surface area contributed by atoms with E-state index in [2.05, 4.69) is 98.5 Å². The normalized spacial score (nSPS) is 13.5. The first-order chi connectivity index (χ1) is 45.2. The number of carbonyl (C=O) groups is 4. The summed E-state index contributed by atoms with van der Waals surface area (Å²) in [7, 11) is 0. The Kier molecular flexibility index (Phi) is 32.4. The predicted molar refractivity (Wildman–Crippen MR) is 396 cm³/mol. The number of thiophene rings is 4. The molecule has 10 heteroatoms. The van der Waals surface area contributed by atoms with E-state index in [0.717, 1.165) is 96.6 Å². The van der Waals surface area contributed by atoms with E-state index in [4.69, 9.17) is 0 Å². The number of benzene rings is 2. The number of carbonyl (C=O) groups excluding carboxylic acids is 4. The van der Waals surface area contributed by atoms with Crippen LogP contribution in [0.2, 0.25) is 0 Å². The smallest absolute Gasteiger partial charge is 0.262 e. The average molecular weight is 1320 g/mol. The Bertz CT molecular complexity index is 3100. The zero-order valence-corrected chi connectivity index (χ0v) is 60.2. The van der Waals surface area contributed by atoms with Crippen LogP contribution in [0.15, 0.2) is 71.4 Å². The molecule has 92 heavy (non-hydrogen) atoms. The van der Waals surface area contributed by atoms with Gasteiger partial charge < -0.3 is 0 Å². The van der Waals surface area contributed by atoms with Crippen molar-refractivity contribution in [1.82, 2.24) is 9.80 Å².